The lowest BCUT2D eigenvalue weighted by Crippen LogP contribution is -2.43. The molecule has 1 atom stereocenters. The van der Waals surface area contributed by atoms with Gasteiger partial charge in [0.05, 0.1) is 12.5 Å². The van der Waals surface area contributed by atoms with Gasteiger partial charge < -0.3 is 9.64 Å². The monoisotopic (exact) mass is 227 g/mol. The molecular weight excluding hydrogens is 202 g/mol. The van der Waals surface area contributed by atoms with Crippen LogP contribution >= 0.6 is 0 Å². The third kappa shape index (κ3) is 4.52. The predicted octanol–water partition coefficient (Wildman–Crippen LogP) is 2.31. The summed E-state index contributed by atoms with van der Waals surface area (Å²) in [6.45, 7) is 12.1. The standard InChI is InChI=1S/C13H25NO2/c1-5-16-12(15)11-7-6-8-14(9-11)10-13(2,3)4/h11H,5-10H2,1-4H3. The van der Waals surface area contributed by atoms with E-state index in [2.05, 4.69) is 25.7 Å². The normalized spacial score (nSPS) is 23.1. The number of hydrogen-bond acceptors (Lipinski definition) is 3. The van der Waals surface area contributed by atoms with Crippen LogP contribution in [0, 0.1) is 11.3 Å². The summed E-state index contributed by atoms with van der Waals surface area (Å²) in [5, 5.41) is 0. The quantitative estimate of drug-likeness (QED) is 0.693. The Morgan fingerprint density at radius 1 is 1.44 bits per heavy atom. The molecule has 1 rings (SSSR count). The third-order valence-corrected chi connectivity index (χ3v) is 2.82. The minimum absolute atomic E-state index is 0.0129. The van der Waals surface area contributed by atoms with Gasteiger partial charge >= 0.3 is 5.97 Å². The average molecular weight is 227 g/mol. The second-order valence-electron chi connectivity index (χ2n) is 5.89. The molecule has 1 fully saturated rings. The van der Waals surface area contributed by atoms with E-state index in [0.29, 0.717) is 12.0 Å². The molecule has 1 aliphatic heterocycles. The van der Waals surface area contributed by atoms with Gasteiger partial charge in [-0.2, -0.15) is 0 Å². The first-order valence-electron chi connectivity index (χ1n) is 6.31. The van der Waals surface area contributed by atoms with Crippen LogP contribution < -0.4 is 0 Å². The van der Waals surface area contributed by atoms with Gasteiger partial charge in [-0.3, -0.25) is 4.79 Å². The molecule has 3 heteroatoms. The Morgan fingerprint density at radius 2 is 2.12 bits per heavy atom. The number of nitrogens with zero attached hydrogens (tertiary/aromatic N) is 1. The third-order valence-electron chi connectivity index (χ3n) is 2.82. The van der Waals surface area contributed by atoms with Gasteiger partial charge in [0, 0.05) is 13.1 Å². The van der Waals surface area contributed by atoms with Crippen molar-refractivity contribution in [3.05, 3.63) is 0 Å². The van der Waals surface area contributed by atoms with Crippen molar-refractivity contribution in [2.75, 3.05) is 26.2 Å². The van der Waals surface area contributed by atoms with Crippen molar-refractivity contribution in [1.82, 2.24) is 4.90 Å². The molecule has 0 amide bonds. The molecule has 0 aromatic heterocycles. The van der Waals surface area contributed by atoms with E-state index in [1.165, 1.54) is 0 Å². The molecule has 0 aromatic carbocycles. The molecule has 94 valence electrons. The van der Waals surface area contributed by atoms with E-state index >= 15 is 0 Å². The molecule has 1 saturated heterocycles. The summed E-state index contributed by atoms with van der Waals surface area (Å²) in [6, 6.07) is 0. The highest BCUT2D eigenvalue weighted by molar-refractivity contribution is 5.72. The maximum absolute atomic E-state index is 11.7. The zero-order valence-electron chi connectivity index (χ0n) is 11.1. The van der Waals surface area contributed by atoms with Gasteiger partial charge in [-0.25, -0.2) is 0 Å². The van der Waals surface area contributed by atoms with E-state index in [-0.39, 0.29) is 11.9 Å². The highest BCUT2D eigenvalue weighted by Gasteiger charge is 2.28. The molecule has 1 aliphatic rings. The summed E-state index contributed by atoms with van der Waals surface area (Å²) in [5.74, 6) is 0.0807. The molecule has 16 heavy (non-hydrogen) atoms. The van der Waals surface area contributed by atoms with E-state index in [9.17, 15) is 4.79 Å². The largest absolute Gasteiger partial charge is 0.466 e. The molecule has 1 heterocycles. The fraction of sp³-hybridized carbons (Fsp3) is 0.923. The van der Waals surface area contributed by atoms with Crippen LogP contribution in [0.1, 0.15) is 40.5 Å². The number of rotatable bonds is 3. The van der Waals surface area contributed by atoms with Crippen LogP contribution in [0.15, 0.2) is 0 Å². The second kappa shape index (κ2) is 5.67. The Balaban J connectivity index is 2.44. The van der Waals surface area contributed by atoms with Gasteiger partial charge in [-0.15, -0.1) is 0 Å². The maximum Gasteiger partial charge on any atom is 0.310 e. The molecule has 0 saturated carbocycles. The van der Waals surface area contributed by atoms with Crippen LogP contribution in [0.5, 0.6) is 0 Å². The van der Waals surface area contributed by atoms with Crippen molar-refractivity contribution in [3.8, 4) is 0 Å². The van der Waals surface area contributed by atoms with Crippen molar-refractivity contribution in [1.29, 1.82) is 0 Å². The fourth-order valence-electron chi connectivity index (χ4n) is 2.32. The molecule has 0 bridgehead atoms. The van der Waals surface area contributed by atoms with Gasteiger partial charge in [0.1, 0.15) is 0 Å². The minimum Gasteiger partial charge on any atom is -0.466 e. The van der Waals surface area contributed by atoms with Crippen LogP contribution in [0.25, 0.3) is 0 Å². The van der Waals surface area contributed by atoms with Crippen LogP contribution in [-0.2, 0) is 9.53 Å². The SMILES string of the molecule is CCOC(=O)C1CCCN(CC(C)(C)C)C1. The number of piperidine rings is 1. The number of likely N-dealkylation sites (tertiary alicyclic amines) is 1. The van der Waals surface area contributed by atoms with Crippen molar-refractivity contribution in [2.24, 2.45) is 11.3 Å². The Hall–Kier alpha value is -0.570. The number of carbonyl (C=O) groups is 1. The smallest absolute Gasteiger partial charge is 0.310 e. The van der Waals surface area contributed by atoms with E-state index in [1.807, 2.05) is 6.92 Å². The highest BCUT2D eigenvalue weighted by atomic mass is 16.5. The van der Waals surface area contributed by atoms with E-state index in [1.54, 1.807) is 0 Å². The van der Waals surface area contributed by atoms with Crippen molar-refractivity contribution in [3.63, 3.8) is 0 Å². The van der Waals surface area contributed by atoms with Gasteiger partial charge in [0.2, 0.25) is 0 Å². The van der Waals surface area contributed by atoms with Gasteiger partial charge in [0.15, 0.2) is 0 Å². The summed E-state index contributed by atoms with van der Waals surface area (Å²) in [6.07, 6.45) is 2.10. The minimum atomic E-state index is -0.0129. The Labute approximate surface area is 99.1 Å². The molecule has 0 aliphatic carbocycles. The van der Waals surface area contributed by atoms with Crippen LogP contribution in [0.4, 0.5) is 0 Å². The van der Waals surface area contributed by atoms with Crippen molar-refractivity contribution >= 4 is 5.97 Å². The summed E-state index contributed by atoms with van der Waals surface area (Å²) in [7, 11) is 0. The highest BCUT2D eigenvalue weighted by Crippen LogP contribution is 2.22. The first kappa shape index (κ1) is 13.5. The zero-order valence-corrected chi connectivity index (χ0v) is 11.1. The fourth-order valence-corrected chi connectivity index (χ4v) is 2.32. The Kier molecular flexibility index (Phi) is 4.78. The maximum atomic E-state index is 11.7. The van der Waals surface area contributed by atoms with Gasteiger partial charge in [0.25, 0.3) is 0 Å². The lowest BCUT2D eigenvalue weighted by atomic mass is 9.92. The van der Waals surface area contributed by atoms with Crippen molar-refractivity contribution in [2.45, 2.75) is 40.5 Å². The lowest BCUT2D eigenvalue weighted by molar-refractivity contribution is -0.150. The number of hydrogen-bond donors (Lipinski definition) is 0. The Morgan fingerprint density at radius 3 is 2.69 bits per heavy atom. The number of ether oxygens (including phenoxy) is 1. The summed E-state index contributed by atoms with van der Waals surface area (Å²) < 4.78 is 5.09. The summed E-state index contributed by atoms with van der Waals surface area (Å²) in [4.78, 5) is 14.1. The molecular formula is C13H25NO2. The first-order chi connectivity index (χ1) is 7.42. The molecule has 0 radical (unpaired) electrons. The zero-order chi connectivity index (χ0) is 12.2. The molecule has 3 nitrogen and oxygen atoms in total. The van der Waals surface area contributed by atoms with Gasteiger partial charge in [-0.1, -0.05) is 20.8 Å². The molecule has 1 unspecified atom stereocenters. The predicted molar refractivity (Wildman–Crippen MR) is 65.3 cm³/mol. The number of carbonyl (C=O) groups excluding carboxylic acids is 1. The Bertz CT molecular complexity index is 233. The molecule has 0 spiro atoms. The topological polar surface area (TPSA) is 29.5 Å². The number of esters is 1. The van der Waals surface area contributed by atoms with Crippen LogP contribution in [0.2, 0.25) is 0 Å². The second-order valence-corrected chi connectivity index (χ2v) is 5.89. The van der Waals surface area contributed by atoms with Crippen LogP contribution in [0.3, 0.4) is 0 Å². The average Bonchev–Trinajstić information content (AvgIpc) is 2.16. The lowest BCUT2D eigenvalue weighted by Gasteiger charge is -2.35. The molecule has 0 N–H and O–H groups in total. The molecule has 0 aromatic rings. The van der Waals surface area contributed by atoms with E-state index < -0.39 is 0 Å². The van der Waals surface area contributed by atoms with E-state index in [4.69, 9.17) is 4.74 Å². The summed E-state index contributed by atoms with van der Waals surface area (Å²) in [5.41, 5.74) is 0.302. The summed E-state index contributed by atoms with van der Waals surface area (Å²) >= 11 is 0. The van der Waals surface area contributed by atoms with E-state index in [0.717, 1.165) is 32.5 Å². The van der Waals surface area contributed by atoms with Crippen molar-refractivity contribution < 1.29 is 9.53 Å². The van der Waals surface area contributed by atoms with Crippen LogP contribution in [-0.4, -0.2) is 37.1 Å². The first-order valence-corrected chi connectivity index (χ1v) is 6.31. The van der Waals surface area contributed by atoms with Gasteiger partial charge in [-0.05, 0) is 31.7 Å².